The van der Waals surface area contributed by atoms with Crippen LogP contribution in [0.5, 0.6) is 0 Å². The number of thiol groups is 1. The molecule has 2 nitrogen and oxygen atoms in total. The fourth-order valence-corrected chi connectivity index (χ4v) is 0. The van der Waals surface area contributed by atoms with Gasteiger partial charge >= 0.3 is 5.97 Å². The van der Waals surface area contributed by atoms with Gasteiger partial charge in [0.05, 0.1) is 5.75 Å². The van der Waals surface area contributed by atoms with E-state index in [0.717, 1.165) is 0 Å². The predicted molar refractivity (Wildman–Crippen MR) is 32.8 cm³/mol. The summed E-state index contributed by atoms with van der Waals surface area (Å²) in [5.41, 5.74) is 0. The number of aliphatic carboxylic acids is 1. The Morgan fingerprint density at radius 2 is 1.86 bits per heavy atom. The molecule has 3 heteroatoms. The van der Waals surface area contributed by atoms with Crippen LogP contribution in [0.4, 0.5) is 0 Å². The second kappa shape index (κ2) is 9.27. The molecule has 0 unspecified atom stereocenters. The van der Waals surface area contributed by atoms with Gasteiger partial charge in [0.15, 0.2) is 0 Å². The van der Waals surface area contributed by atoms with Gasteiger partial charge in [0, 0.05) is 0 Å². The smallest absolute Gasteiger partial charge is 0.313 e. The summed E-state index contributed by atoms with van der Waals surface area (Å²) in [6.07, 6.45) is 0. The summed E-state index contributed by atoms with van der Waals surface area (Å²) in [4.78, 5) is 9.29. The Morgan fingerprint density at radius 3 is 1.86 bits per heavy atom. The molecule has 0 aliphatic carbocycles. The maximum Gasteiger partial charge on any atom is 0.313 e. The zero-order chi connectivity index (χ0) is 6.28. The molecule has 0 atom stereocenters. The molecular formula is C4H10O2S. The number of rotatable bonds is 1. The van der Waals surface area contributed by atoms with Crippen molar-refractivity contribution in [1.29, 1.82) is 0 Å². The fourth-order valence-electron chi connectivity index (χ4n) is 0. The Morgan fingerprint density at radius 1 is 1.71 bits per heavy atom. The lowest BCUT2D eigenvalue weighted by molar-refractivity contribution is -0.133. The Labute approximate surface area is 49.0 Å². The van der Waals surface area contributed by atoms with Crippen molar-refractivity contribution in [3.63, 3.8) is 0 Å². The number of hydrogen-bond acceptors (Lipinski definition) is 2. The number of carboxylic acid groups (broad SMARTS) is 1. The highest BCUT2D eigenvalue weighted by molar-refractivity contribution is 7.81. The molecule has 0 amide bonds. The van der Waals surface area contributed by atoms with Crippen molar-refractivity contribution < 1.29 is 9.90 Å². The molecule has 0 rings (SSSR count). The monoisotopic (exact) mass is 122 g/mol. The Bertz CT molecular complexity index is 45.0. The Hall–Kier alpha value is -0.180. The van der Waals surface area contributed by atoms with E-state index in [1.54, 1.807) is 0 Å². The van der Waals surface area contributed by atoms with Crippen molar-refractivity contribution in [3.05, 3.63) is 0 Å². The average Bonchev–Trinajstić information content (AvgIpc) is 1.73. The van der Waals surface area contributed by atoms with Crippen LogP contribution in [0.3, 0.4) is 0 Å². The lowest BCUT2D eigenvalue weighted by Crippen LogP contribution is -1.92. The van der Waals surface area contributed by atoms with Crippen LogP contribution in [0.1, 0.15) is 13.8 Å². The fraction of sp³-hybridized carbons (Fsp3) is 0.750. The maximum absolute atomic E-state index is 9.29. The van der Waals surface area contributed by atoms with Crippen LogP contribution in [-0.4, -0.2) is 16.8 Å². The minimum absolute atomic E-state index is 0.0833. The first-order valence-electron chi connectivity index (χ1n) is 2.10. The van der Waals surface area contributed by atoms with E-state index in [0.29, 0.717) is 0 Å². The third kappa shape index (κ3) is 25.6. The first kappa shape index (κ1) is 9.94. The molecule has 44 valence electrons. The first-order chi connectivity index (χ1) is 3.27. The predicted octanol–water partition coefficient (Wildman–Crippen LogP) is 1.03. The van der Waals surface area contributed by atoms with E-state index in [9.17, 15) is 4.79 Å². The number of carbonyl (C=O) groups is 1. The van der Waals surface area contributed by atoms with Gasteiger partial charge < -0.3 is 5.11 Å². The molecule has 1 N–H and O–H groups in total. The quantitative estimate of drug-likeness (QED) is 0.510. The largest absolute Gasteiger partial charge is 0.481 e. The minimum atomic E-state index is -0.881. The third-order valence-electron chi connectivity index (χ3n) is 0.135. The van der Waals surface area contributed by atoms with Crippen LogP contribution in [0.15, 0.2) is 0 Å². The Balaban J connectivity index is 0. The van der Waals surface area contributed by atoms with Crippen LogP contribution in [-0.2, 0) is 4.79 Å². The lowest BCUT2D eigenvalue weighted by atomic mass is 10.8. The van der Waals surface area contributed by atoms with Crippen LogP contribution in [0, 0.1) is 0 Å². The van der Waals surface area contributed by atoms with E-state index < -0.39 is 5.97 Å². The van der Waals surface area contributed by atoms with Crippen molar-refractivity contribution >= 4 is 18.6 Å². The summed E-state index contributed by atoms with van der Waals surface area (Å²) in [5.74, 6) is -0.965. The van der Waals surface area contributed by atoms with Crippen molar-refractivity contribution in [2.45, 2.75) is 13.8 Å². The second-order valence-electron chi connectivity index (χ2n) is 0.552. The molecular weight excluding hydrogens is 112 g/mol. The summed E-state index contributed by atoms with van der Waals surface area (Å²) >= 11 is 3.42. The van der Waals surface area contributed by atoms with Gasteiger partial charge in [0.25, 0.3) is 0 Å². The summed E-state index contributed by atoms with van der Waals surface area (Å²) in [6.45, 7) is 4.00. The van der Waals surface area contributed by atoms with Crippen LogP contribution in [0.25, 0.3) is 0 Å². The van der Waals surface area contributed by atoms with Gasteiger partial charge in [-0.25, -0.2) is 0 Å². The van der Waals surface area contributed by atoms with Gasteiger partial charge in [0.1, 0.15) is 0 Å². The van der Waals surface area contributed by atoms with Crippen molar-refractivity contribution in [2.24, 2.45) is 0 Å². The van der Waals surface area contributed by atoms with Gasteiger partial charge in [0.2, 0.25) is 0 Å². The van der Waals surface area contributed by atoms with E-state index in [1.807, 2.05) is 13.8 Å². The zero-order valence-electron chi connectivity index (χ0n) is 4.51. The minimum Gasteiger partial charge on any atom is -0.481 e. The van der Waals surface area contributed by atoms with Gasteiger partial charge in [-0.1, -0.05) is 13.8 Å². The van der Waals surface area contributed by atoms with Crippen molar-refractivity contribution in [3.8, 4) is 0 Å². The molecule has 0 bridgehead atoms. The first-order valence-corrected chi connectivity index (χ1v) is 2.73. The van der Waals surface area contributed by atoms with Gasteiger partial charge in [-0.15, -0.1) is 0 Å². The number of carboxylic acids is 1. The average molecular weight is 122 g/mol. The van der Waals surface area contributed by atoms with E-state index >= 15 is 0 Å². The summed E-state index contributed by atoms with van der Waals surface area (Å²) in [7, 11) is 0. The van der Waals surface area contributed by atoms with Gasteiger partial charge in [-0.2, -0.15) is 12.6 Å². The highest BCUT2D eigenvalue weighted by Crippen LogP contribution is 1.66. The molecule has 0 aliphatic rings. The summed E-state index contributed by atoms with van der Waals surface area (Å²) in [6, 6.07) is 0. The van der Waals surface area contributed by atoms with Gasteiger partial charge in [-0.3, -0.25) is 4.79 Å². The summed E-state index contributed by atoms with van der Waals surface area (Å²) in [5, 5.41) is 7.65. The molecule has 0 aromatic rings. The molecule has 0 aromatic carbocycles. The second-order valence-corrected chi connectivity index (χ2v) is 0.868. The number of hydrogen-bond donors (Lipinski definition) is 2. The maximum atomic E-state index is 9.29. The van der Waals surface area contributed by atoms with Crippen LogP contribution in [0.2, 0.25) is 0 Å². The third-order valence-corrected chi connectivity index (χ3v) is 0.406. The molecule has 0 saturated heterocycles. The van der Waals surface area contributed by atoms with Gasteiger partial charge in [-0.05, 0) is 0 Å². The molecule has 0 aromatic heterocycles. The molecule has 0 saturated carbocycles. The highest BCUT2D eigenvalue weighted by atomic mass is 32.1. The van der Waals surface area contributed by atoms with E-state index in [4.69, 9.17) is 5.11 Å². The molecule has 0 fully saturated rings. The van der Waals surface area contributed by atoms with E-state index in [2.05, 4.69) is 12.6 Å². The van der Waals surface area contributed by atoms with E-state index in [1.165, 1.54) is 0 Å². The SMILES string of the molecule is CC.O=C(O)CS. The normalized spacial score (nSPS) is 6.14. The molecule has 0 heterocycles. The highest BCUT2D eigenvalue weighted by Gasteiger charge is 1.81. The molecule has 0 spiro atoms. The van der Waals surface area contributed by atoms with E-state index in [-0.39, 0.29) is 5.75 Å². The standard InChI is InChI=1S/C2H4O2S.C2H6/c3-2(4)1-5;1-2/h5H,1H2,(H,3,4);1-2H3. The lowest BCUT2D eigenvalue weighted by Gasteiger charge is -1.71. The Kier molecular flexibility index (Phi) is 13.2. The zero-order valence-corrected chi connectivity index (χ0v) is 5.40. The van der Waals surface area contributed by atoms with Crippen molar-refractivity contribution in [1.82, 2.24) is 0 Å². The van der Waals surface area contributed by atoms with Crippen molar-refractivity contribution in [2.75, 3.05) is 5.75 Å². The van der Waals surface area contributed by atoms with Crippen LogP contribution < -0.4 is 0 Å². The summed E-state index contributed by atoms with van der Waals surface area (Å²) < 4.78 is 0. The topological polar surface area (TPSA) is 37.3 Å². The van der Waals surface area contributed by atoms with Crippen LogP contribution >= 0.6 is 12.6 Å². The molecule has 7 heavy (non-hydrogen) atoms. The molecule has 0 radical (unpaired) electrons. The molecule has 0 aliphatic heterocycles.